The number of rotatable bonds is 3. The van der Waals surface area contributed by atoms with Crippen LogP contribution in [0.15, 0.2) is 33.4 Å². The second-order valence-electron chi connectivity index (χ2n) is 3.79. The van der Waals surface area contributed by atoms with Gasteiger partial charge in [-0.3, -0.25) is 4.79 Å². The highest BCUT2D eigenvalue weighted by molar-refractivity contribution is 9.10. The summed E-state index contributed by atoms with van der Waals surface area (Å²) >= 11 is 3.18. The molecule has 2 aromatic rings. The molecule has 1 amide bonds. The van der Waals surface area contributed by atoms with Crippen LogP contribution in [0.3, 0.4) is 0 Å². The number of nitrogens with one attached hydrogen (secondary N) is 1. The summed E-state index contributed by atoms with van der Waals surface area (Å²) in [4.78, 5) is 23.0. The van der Waals surface area contributed by atoms with E-state index in [4.69, 9.17) is 9.63 Å². The van der Waals surface area contributed by atoms with Crippen molar-refractivity contribution >= 4 is 33.5 Å². The van der Waals surface area contributed by atoms with Crippen molar-refractivity contribution in [3.63, 3.8) is 0 Å². The minimum Gasteiger partial charge on any atom is -0.478 e. The Bertz CT molecular complexity index is 651. The largest absolute Gasteiger partial charge is 0.478 e. The minimum absolute atomic E-state index is 0.0140. The molecule has 1 heterocycles. The topological polar surface area (TPSA) is 92.4 Å². The Kier molecular flexibility index (Phi) is 3.66. The van der Waals surface area contributed by atoms with Gasteiger partial charge in [0.15, 0.2) is 0 Å². The Hall–Kier alpha value is -2.15. The highest BCUT2D eigenvalue weighted by atomic mass is 79.9. The number of carboxylic acids is 1. The number of carboxylic acid groups (broad SMARTS) is 1. The first-order chi connectivity index (χ1) is 8.99. The first-order valence-corrected chi connectivity index (χ1v) is 6.04. The van der Waals surface area contributed by atoms with Crippen LogP contribution in [-0.4, -0.2) is 22.1 Å². The third kappa shape index (κ3) is 2.82. The van der Waals surface area contributed by atoms with Gasteiger partial charge in [-0.1, -0.05) is 21.1 Å². The molecule has 0 saturated carbocycles. The summed E-state index contributed by atoms with van der Waals surface area (Å²) in [5, 5.41) is 15.1. The van der Waals surface area contributed by atoms with Gasteiger partial charge < -0.3 is 14.9 Å². The fraction of sp³-hybridized carbons (Fsp3) is 0.0833. The number of aromatic nitrogens is 1. The molecule has 0 aliphatic heterocycles. The minimum atomic E-state index is -1.13. The number of hydrogen-bond acceptors (Lipinski definition) is 4. The Morgan fingerprint density at radius 1 is 1.42 bits per heavy atom. The summed E-state index contributed by atoms with van der Waals surface area (Å²) in [5.41, 5.74) is 0.753. The van der Waals surface area contributed by atoms with E-state index >= 15 is 0 Å². The first-order valence-electron chi connectivity index (χ1n) is 5.24. The molecule has 6 nitrogen and oxygen atoms in total. The monoisotopic (exact) mass is 324 g/mol. The van der Waals surface area contributed by atoms with E-state index in [-0.39, 0.29) is 17.0 Å². The first kappa shape index (κ1) is 13.3. The SMILES string of the molecule is Cc1cnoc1C(=O)Nc1ccc(Br)cc1C(=O)O. The predicted molar refractivity (Wildman–Crippen MR) is 70.3 cm³/mol. The smallest absolute Gasteiger partial charge is 0.337 e. The van der Waals surface area contributed by atoms with Gasteiger partial charge in [0.25, 0.3) is 5.91 Å². The van der Waals surface area contributed by atoms with E-state index in [1.165, 1.54) is 18.3 Å². The van der Waals surface area contributed by atoms with E-state index in [0.29, 0.717) is 10.0 Å². The summed E-state index contributed by atoms with van der Waals surface area (Å²) in [6.45, 7) is 1.67. The molecule has 0 aliphatic rings. The summed E-state index contributed by atoms with van der Waals surface area (Å²) in [6.07, 6.45) is 1.41. The van der Waals surface area contributed by atoms with Crippen LogP contribution in [0, 0.1) is 6.92 Å². The molecule has 0 bridgehead atoms. The molecule has 0 radical (unpaired) electrons. The second-order valence-corrected chi connectivity index (χ2v) is 4.70. The van der Waals surface area contributed by atoms with Crippen LogP contribution in [0.1, 0.15) is 26.5 Å². The lowest BCUT2D eigenvalue weighted by Crippen LogP contribution is -2.15. The normalized spacial score (nSPS) is 10.2. The number of anilines is 1. The van der Waals surface area contributed by atoms with Gasteiger partial charge >= 0.3 is 5.97 Å². The van der Waals surface area contributed by atoms with Crippen molar-refractivity contribution in [2.45, 2.75) is 6.92 Å². The van der Waals surface area contributed by atoms with Crippen LogP contribution in [-0.2, 0) is 0 Å². The van der Waals surface area contributed by atoms with Gasteiger partial charge in [0, 0.05) is 10.0 Å². The molecular formula is C12H9BrN2O4. The predicted octanol–water partition coefficient (Wildman–Crippen LogP) is 2.70. The van der Waals surface area contributed by atoms with Crippen molar-refractivity contribution in [2.24, 2.45) is 0 Å². The highest BCUT2D eigenvalue weighted by Gasteiger charge is 2.18. The van der Waals surface area contributed by atoms with Gasteiger partial charge in [-0.05, 0) is 25.1 Å². The van der Waals surface area contributed by atoms with Crippen molar-refractivity contribution in [3.8, 4) is 0 Å². The molecule has 1 aromatic heterocycles. The molecule has 0 spiro atoms. The van der Waals surface area contributed by atoms with Gasteiger partial charge in [0.2, 0.25) is 5.76 Å². The fourth-order valence-electron chi connectivity index (χ4n) is 1.49. The van der Waals surface area contributed by atoms with Crippen LogP contribution in [0.5, 0.6) is 0 Å². The third-order valence-electron chi connectivity index (χ3n) is 2.41. The molecule has 0 fully saturated rings. The molecule has 2 rings (SSSR count). The number of amides is 1. The van der Waals surface area contributed by atoms with Gasteiger partial charge in [-0.15, -0.1) is 0 Å². The number of carbonyl (C=O) groups is 2. The van der Waals surface area contributed by atoms with Gasteiger partial charge in [-0.2, -0.15) is 0 Å². The summed E-state index contributed by atoms with van der Waals surface area (Å²) in [6, 6.07) is 4.54. The maximum absolute atomic E-state index is 11.9. The molecule has 0 atom stereocenters. The summed E-state index contributed by atoms with van der Waals surface area (Å²) in [7, 11) is 0. The number of hydrogen-bond donors (Lipinski definition) is 2. The van der Waals surface area contributed by atoms with Crippen molar-refractivity contribution < 1.29 is 19.2 Å². The van der Waals surface area contributed by atoms with E-state index in [1.54, 1.807) is 13.0 Å². The molecule has 19 heavy (non-hydrogen) atoms. The molecule has 2 N–H and O–H groups in total. The molecular weight excluding hydrogens is 316 g/mol. The Morgan fingerprint density at radius 3 is 2.74 bits per heavy atom. The highest BCUT2D eigenvalue weighted by Crippen LogP contribution is 2.22. The fourth-order valence-corrected chi connectivity index (χ4v) is 1.85. The number of aromatic carboxylic acids is 1. The second kappa shape index (κ2) is 5.23. The van der Waals surface area contributed by atoms with Gasteiger partial charge in [-0.25, -0.2) is 4.79 Å². The lowest BCUT2D eigenvalue weighted by molar-refractivity contribution is 0.0698. The third-order valence-corrected chi connectivity index (χ3v) is 2.91. The zero-order valence-electron chi connectivity index (χ0n) is 9.81. The Morgan fingerprint density at radius 2 is 2.16 bits per heavy atom. The Balaban J connectivity index is 2.32. The van der Waals surface area contributed by atoms with Crippen LogP contribution in [0.25, 0.3) is 0 Å². The van der Waals surface area contributed by atoms with E-state index in [9.17, 15) is 9.59 Å². The lowest BCUT2D eigenvalue weighted by Gasteiger charge is -2.07. The zero-order valence-corrected chi connectivity index (χ0v) is 11.4. The Labute approximate surface area is 116 Å². The molecule has 0 saturated heterocycles. The van der Waals surface area contributed by atoms with E-state index in [0.717, 1.165) is 0 Å². The van der Waals surface area contributed by atoms with E-state index in [2.05, 4.69) is 26.4 Å². The lowest BCUT2D eigenvalue weighted by atomic mass is 10.1. The molecule has 1 aromatic carbocycles. The quantitative estimate of drug-likeness (QED) is 0.905. The van der Waals surface area contributed by atoms with Crippen LogP contribution in [0.2, 0.25) is 0 Å². The number of nitrogens with zero attached hydrogens (tertiary/aromatic N) is 1. The van der Waals surface area contributed by atoms with Crippen molar-refractivity contribution in [2.75, 3.05) is 5.32 Å². The number of benzene rings is 1. The van der Waals surface area contributed by atoms with Gasteiger partial charge in [0.05, 0.1) is 17.4 Å². The van der Waals surface area contributed by atoms with Crippen molar-refractivity contribution in [1.29, 1.82) is 0 Å². The zero-order chi connectivity index (χ0) is 14.0. The van der Waals surface area contributed by atoms with E-state index < -0.39 is 11.9 Å². The van der Waals surface area contributed by atoms with Crippen LogP contribution >= 0.6 is 15.9 Å². The average Bonchev–Trinajstić information content (AvgIpc) is 2.77. The van der Waals surface area contributed by atoms with Crippen molar-refractivity contribution in [3.05, 3.63) is 45.8 Å². The number of halogens is 1. The van der Waals surface area contributed by atoms with Crippen molar-refractivity contribution in [1.82, 2.24) is 5.16 Å². The van der Waals surface area contributed by atoms with E-state index in [1.807, 2.05) is 0 Å². The number of aryl methyl sites for hydroxylation is 1. The maximum atomic E-state index is 11.9. The van der Waals surface area contributed by atoms with Crippen LogP contribution in [0.4, 0.5) is 5.69 Å². The standard InChI is InChI=1S/C12H9BrN2O4/c1-6-5-14-19-10(6)11(16)15-9-3-2-7(13)4-8(9)12(17)18/h2-5H,1H3,(H,15,16)(H,17,18). The molecule has 0 unspecified atom stereocenters. The average molecular weight is 325 g/mol. The number of carbonyl (C=O) groups excluding carboxylic acids is 1. The summed E-state index contributed by atoms with van der Waals surface area (Å²) < 4.78 is 5.41. The van der Waals surface area contributed by atoms with Gasteiger partial charge in [0.1, 0.15) is 0 Å². The maximum Gasteiger partial charge on any atom is 0.337 e. The molecule has 98 valence electrons. The summed E-state index contributed by atoms with van der Waals surface area (Å²) in [5.74, 6) is -1.62. The molecule has 0 aliphatic carbocycles. The van der Waals surface area contributed by atoms with Crippen LogP contribution < -0.4 is 5.32 Å². The molecule has 7 heteroatoms.